The molecule has 0 unspecified atom stereocenters. The summed E-state index contributed by atoms with van der Waals surface area (Å²) in [5, 5.41) is 13.1. The van der Waals surface area contributed by atoms with Crippen molar-refractivity contribution in [2.45, 2.75) is 31.8 Å². The number of imidazole rings is 1. The number of benzene rings is 2. The number of halogens is 1. The quantitative estimate of drug-likeness (QED) is 0.631. The largest absolute Gasteiger partial charge is 0.393 e. The molecule has 0 bridgehead atoms. The van der Waals surface area contributed by atoms with Crippen molar-refractivity contribution in [2.75, 3.05) is 0 Å². The number of nitrogens with two attached hydrogens (primary N) is 1. The summed E-state index contributed by atoms with van der Waals surface area (Å²) in [5.74, 6) is -0.236. The van der Waals surface area contributed by atoms with Gasteiger partial charge in [0.15, 0.2) is 0 Å². The van der Waals surface area contributed by atoms with Gasteiger partial charge in [0.2, 0.25) is 0 Å². The summed E-state index contributed by atoms with van der Waals surface area (Å²) < 4.78 is 0. The number of aliphatic hydroxyl groups is 1. The van der Waals surface area contributed by atoms with Crippen LogP contribution in [0.2, 0.25) is 5.02 Å². The molecule has 25 heavy (non-hydrogen) atoms. The number of aryl methyl sites for hydroxylation is 1. The number of fused-ring (bicyclic) bond motifs is 1. The van der Waals surface area contributed by atoms with Crippen molar-refractivity contribution in [1.29, 1.82) is 0 Å². The van der Waals surface area contributed by atoms with Crippen molar-refractivity contribution in [2.24, 2.45) is 5.73 Å². The summed E-state index contributed by atoms with van der Waals surface area (Å²) in [5.41, 5.74) is 6.59. The minimum atomic E-state index is -0.606. The highest BCUT2D eigenvalue weighted by atomic mass is 35.5. The van der Waals surface area contributed by atoms with E-state index in [1.165, 1.54) is 6.20 Å². The van der Waals surface area contributed by atoms with Crippen molar-refractivity contribution in [3.05, 3.63) is 64.7 Å². The highest BCUT2D eigenvalue weighted by molar-refractivity contribution is 6.31. The number of aromatic nitrogens is 2. The smallest absolute Gasteiger partial charge is 0.268 e. The van der Waals surface area contributed by atoms with Gasteiger partial charge in [0.25, 0.3) is 5.91 Å². The normalized spacial score (nSPS) is 13.7. The van der Waals surface area contributed by atoms with E-state index < -0.39 is 12.0 Å². The van der Waals surface area contributed by atoms with Crippen molar-refractivity contribution >= 4 is 28.3 Å². The molecule has 130 valence electrons. The molecule has 1 aromatic heterocycles. The van der Waals surface area contributed by atoms with Crippen molar-refractivity contribution in [3.63, 3.8) is 0 Å². The zero-order valence-corrected chi connectivity index (χ0v) is 14.6. The van der Waals surface area contributed by atoms with Crippen LogP contribution in [0.25, 0.3) is 10.8 Å². The fourth-order valence-electron chi connectivity index (χ4n) is 3.10. The standard InChI is InChI=1S/C19H20ClN3O2/c1-11(24)15(19-22-10-17(23-19)18(21)25)8-6-13-4-2-3-12-5-7-14(20)9-16(12)13/h2-5,7,9-11,15,24H,6,8H2,1H3,(H2,21,25)(H,22,23)/t11-,15-/m0/s1. The Balaban J connectivity index is 1.84. The van der Waals surface area contributed by atoms with Gasteiger partial charge < -0.3 is 15.8 Å². The van der Waals surface area contributed by atoms with E-state index in [0.29, 0.717) is 17.3 Å². The topological polar surface area (TPSA) is 92.0 Å². The summed E-state index contributed by atoms with van der Waals surface area (Å²) in [6.45, 7) is 1.72. The Labute approximate surface area is 150 Å². The number of nitrogens with zero attached hydrogens (tertiary/aromatic N) is 1. The molecule has 5 nitrogen and oxygen atoms in total. The average molecular weight is 358 g/mol. The van der Waals surface area contributed by atoms with Crippen LogP contribution in [0.4, 0.5) is 0 Å². The van der Waals surface area contributed by atoms with Gasteiger partial charge in [0.1, 0.15) is 11.5 Å². The second kappa shape index (κ2) is 7.25. The Hall–Kier alpha value is -2.37. The molecule has 2 aromatic carbocycles. The van der Waals surface area contributed by atoms with Gasteiger partial charge in [-0.25, -0.2) is 4.98 Å². The molecule has 0 saturated carbocycles. The molecule has 0 spiro atoms. The fraction of sp³-hybridized carbons (Fsp3) is 0.263. The Morgan fingerprint density at radius 1 is 1.36 bits per heavy atom. The number of aromatic amines is 1. The number of rotatable bonds is 6. The van der Waals surface area contributed by atoms with Gasteiger partial charge >= 0.3 is 0 Å². The van der Waals surface area contributed by atoms with Crippen LogP contribution in [0.1, 0.15) is 41.1 Å². The maximum absolute atomic E-state index is 11.2. The highest BCUT2D eigenvalue weighted by Crippen LogP contribution is 2.28. The molecule has 3 aromatic rings. The number of aliphatic hydroxyl groups excluding tert-OH is 1. The lowest BCUT2D eigenvalue weighted by Crippen LogP contribution is -2.18. The maximum Gasteiger partial charge on any atom is 0.268 e. The van der Waals surface area contributed by atoms with Gasteiger partial charge in [0, 0.05) is 17.1 Å². The Kier molecular flexibility index (Phi) is 5.06. The van der Waals surface area contributed by atoms with Crippen LogP contribution in [0.15, 0.2) is 42.6 Å². The zero-order chi connectivity index (χ0) is 18.0. The molecule has 0 aliphatic rings. The highest BCUT2D eigenvalue weighted by Gasteiger charge is 2.22. The van der Waals surface area contributed by atoms with Crippen LogP contribution in [-0.4, -0.2) is 27.1 Å². The van der Waals surface area contributed by atoms with Crippen LogP contribution in [0, 0.1) is 0 Å². The molecule has 4 N–H and O–H groups in total. The zero-order valence-electron chi connectivity index (χ0n) is 13.9. The molecule has 0 aliphatic heterocycles. The van der Waals surface area contributed by atoms with E-state index in [0.717, 1.165) is 22.8 Å². The predicted molar refractivity (Wildman–Crippen MR) is 98.8 cm³/mol. The van der Waals surface area contributed by atoms with E-state index in [1.54, 1.807) is 6.92 Å². The summed E-state index contributed by atoms with van der Waals surface area (Å²) in [6.07, 6.45) is 2.30. The van der Waals surface area contributed by atoms with E-state index in [4.69, 9.17) is 17.3 Å². The fourth-order valence-corrected chi connectivity index (χ4v) is 3.27. The van der Waals surface area contributed by atoms with E-state index >= 15 is 0 Å². The van der Waals surface area contributed by atoms with Crippen LogP contribution >= 0.6 is 11.6 Å². The number of hydrogen-bond acceptors (Lipinski definition) is 3. The number of primary amides is 1. The number of H-pyrrole nitrogens is 1. The van der Waals surface area contributed by atoms with E-state index in [-0.39, 0.29) is 11.6 Å². The van der Waals surface area contributed by atoms with Gasteiger partial charge in [-0.2, -0.15) is 0 Å². The van der Waals surface area contributed by atoms with Gasteiger partial charge in [0.05, 0.1) is 6.10 Å². The SMILES string of the molecule is C[C@H](O)[C@H](CCc1cccc2ccc(Cl)cc12)c1nc(C(N)=O)c[nH]1. The van der Waals surface area contributed by atoms with Crippen LogP contribution < -0.4 is 5.73 Å². The molecule has 0 saturated heterocycles. The minimum Gasteiger partial charge on any atom is -0.393 e. The molecule has 6 heteroatoms. The average Bonchev–Trinajstić information content (AvgIpc) is 3.05. The summed E-state index contributed by atoms with van der Waals surface area (Å²) in [7, 11) is 0. The molecule has 0 aliphatic carbocycles. The monoisotopic (exact) mass is 357 g/mol. The molecule has 1 heterocycles. The molecular formula is C19H20ClN3O2. The van der Waals surface area contributed by atoms with E-state index in [9.17, 15) is 9.90 Å². The summed E-state index contributed by atoms with van der Waals surface area (Å²) >= 11 is 6.13. The Morgan fingerprint density at radius 2 is 2.16 bits per heavy atom. The first kappa shape index (κ1) is 17.5. The lowest BCUT2D eigenvalue weighted by atomic mass is 9.92. The number of amides is 1. The van der Waals surface area contributed by atoms with Crippen molar-refractivity contribution in [1.82, 2.24) is 9.97 Å². The third-order valence-corrected chi connectivity index (χ3v) is 4.68. The first-order valence-corrected chi connectivity index (χ1v) is 8.54. The van der Waals surface area contributed by atoms with Crippen molar-refractivity contribution < 1.29 is 9.90 Å². The van der Waals surface area contributed by atoms with Gasteiger partial charge in [-0.1, -0.05) is 35.9 Å². The number of hydrogen-bond donors (Lipinski definition) is 3. The van der Waals surface area contributed by atoms with Crippen LogP contribution in [-0.2, 0) is 6.42 Å². The number of carbonyl (C=O) groups is 1. The molecule has 1 amide bonds. The Bertz CT molecular complexity index is 905. The summed E-state index contributed by atoms with van der Waals surface area (Å²) in [4.78, 5) is 18.4. The lowest BCUT2D eigenvalue weighted by Gasteiger charge is -2.18. The van der Waals surface area contributed by atoms with Crippen LogP contribution in [0.5, 0.6) is 0 Å². The molecular weight excluding hydrogens is 338 g/mol. The predicted octanol–water partition coefficient (Wildman–Crippen LogP) is 3.41. The lowest BCUT2D eigenvalue weighted by molar-refractivity contribution is 0.0995. The van der Waals surface area contributed by atoms with Gasteiger partial charge in [-0.05, 0) is 48.2 Å². The summed E-state index contributed by atoms with van der Waals surface area (Å²) in [6, 6.07) is 12.0. The van der Waals surface area contributed by atoms with Gasteiger partial charge in [-0.15, -0.1) is 0 Å². The third kappa shape index (κ3) is 3.83. The molecule has 3 rings (SSSR count). The second-order valence-corrected chi connectivity index (χ2v) is 6.64. The first-order chi connectivity index (χ1) is 12.0. The van der Waals surface area contributed by atoms with E-state index in [2.05, 4.69) is 16.0 Å². The first-order valence-electron chi connectivity index (χ1n) is 8.16. The number of carbonyl (C=O) groups excluding carboxylic acids is 1. The second-order valence-electron chi connectivity index (χ2n) is 6.20. The molecule has 0 fully saturated rings. The maximum atomic E-state index is 11.2. The third-order valence-electron chi connectivity index (χ3n) is 4.44. The van der Waals surface area contributed by atoms with Gasteiger partial charge in [-0.3, -0.25) is 4.79 Å². The molecule has 0 radical (unpaired) electrons. The minimum absolute atomic E-state index is 0.178. The molecule has 2 atom stereocenters. The van der Waals surface area contributed by atoms with Crippen LogP contribution in [0.3, 0.4) is 0 Å². The van der Waals surface area contributed by atoms with Crippen molar-refractivity contribution in [3.8, 4) is 0 Å². The number of nitrogens with one attached hydrogen (secondary N) is 1. The Morgan fingerprint density at radius 3 is 2.84 bits per heavy atom. The van der Waals surface area contributed by atoms with E-state index in [1.807, 2.05) is 30.3 Å².